The zero-order chi connectivity index (χ0) is 14.6. The van der Waals surface area contributed by atoms with Crippen molar-refractivity contribution in [3.05, 3.63) is 59.2 Å². The standard InChI is InChI=1S/C18H14O3/c1-21-18(20)14-9-15(19)13-8-4-7-12-10-5-2-3-6-11(10)17(14)16(12)13/h2-8,14,17H,9H2,1H3. The molecule has 0 aromatic heterocycles. The fraction of sp³-hybridized carbons (Fsp3) is 0.222. The van der Waals surface area contributed by atoms with E-state index in [1.807, 2.05) is 30.3 Å². The number of rotatable bonds is 1. The van der Waals surface area contributed by atoms with Gasteiger partial charge in [-0.1, -0.05) is 42.5 Å². The van der Waals surface area contributed by atoms with Crippen LogP contribution in [0.1, 0.15) is 33.8 Å². The van der Waals surface area contributed by atoms with Crippen molar-refractivity contribution in [1.82, 2.24) is 0 Å². The Hall–Kier alpha value is -2.42. The van der Waals surface area contributed by atoms with E-state index in [2.05, 4.69) is 12.1 Å². The molecule has 2 aromatic rings. The fourth-order valence-corrected chi connectivity index (χ4v) is 3.76. The first-order valence-corrected chi connectivity index (χ1v) is 7.05. The van der Waals surface area contributed by atoms with Crippen molar-refractivity contribution in [3.63, 3.8) is 0 Å². The van der Waals surface area contributed by atoms with E-state index in [1.54, 1.807) is 0 Å². The zero-order valence-electron chi connectivity index (χ0n) is 11.6. The van der Waals surface area contributed by atoms with Crippen molar-refractivity contribution >= 4 is 11.8 Å². The summed E-state index contributed by atoms with van der Waals surface area (Å²) in [5.41, 5.74) is 5.10. The molecule has 2 atom stereocenters. The van der Waals surface area contributed by atoms with Gasteiger partial charge in [-0.3, -0.25) is 9.59 Å². The largest absolute Gasteiger partial charge is 0.469 e. The monoisotopic (exact) mass is 278 g/mol. The van der Waals surface area contributed by atoms with Crippen LogP contribution in [-0.4, -0.2) is 18.9 Å². The van der Waals surface area contributed by atoms with Gasteiger partial charge in [0.25, 0.3) is 0 Å². The van der Waals surface area contributed by atoms with E-state index in [9.17, 15) is 9.59 Å². The highest BCUT2D eigenvalue weighted by Crippen LogP contribution is 2.53. The highest BCUT2D eigenvalue weighted by atomic mass is 16.5. The minimum Gasteiger partial charge on any atom is -0.469 e. The number of benzene rings is 2. The van der Waals surface area contributed by atoms with E-state index in [1.165, 1.54) is 7.11 Å². The number of ether oxygens (including phenoxy) is 1. The molecular formula is C18H14O3. The normalized spacial score (nSPS) is 21.7. The van der Waals surface area contributed by atoms with Gasteiger partial charge in [0.15, 0.2) is 5.78 Å². The summed E-state index contributed by atoms with van der Waals surface area (Å²) in [7, 11) is 1.38. The summed E-state index contributed by atoms with van der Waals surface area (Å²) in [6.07, 6.45) is 0.224. The van der Waals surface area contributed by atoms with Gasteiger partial charge < -0.3 is 4.74 Å². The van der Waals surface area contributed by atoms with Crippen LogP contribution in [0, 0.1) is 5.92 Å². The second-order valence-electron chi connectivity index (χ2n) is 5.59. The molecule has 0 N–H and O–H groups in total. The quantitative estimate of drug-likeness (QED) is 0.752. The second-order valence-corrected chi connectivity index (χ2v) is 5.59. The van der Waals surface area contributed by atoms with Crippen molar-refractivity contribution in [1.29, 1.82) is 0 Å². The van der Waals surface area contributed by atoms with Gasteiger partial charge in [0.1, 0.15) is 0 Å². The molecule has 104 valence electrons. The molecule has 0 amide bonds. The number of fused-ring (bicyclic) bond motifs is 3. The average molecular weight is 278 g/mol. The summed E-state index contributed by atoms with van der Waals surface area (Å²) in [6.45, 7) is 0. The molecule has 3 nitrogen and oxygen atoms in total. The molecule has 0 radical (unpaired) electrons. The van der Waals surface area contributed by atoms with Gasteiger partial charge in [-0.2, -0.15) is 0 Å². The van der Waals surface area contributed by atoms with Gasteiger partial charge in [0, 0.05) is 17.9 Å². The van der Waals surface area contributed by atoms with E-state index in [0.29, 0.717) is 0 Å². The molecule has 0 heterocycles. The lowest BCUT2D eigenvalue weighted by atomic mass is 9.74. The molecule has 0 aliphatic heterocycles. The van der Waals surface area contributed by atoms with Crippen LogP contribution in [0.2, 0.25) is 0 Å². The third-order valence-corrected chi connectivity index (χ3v) is 4.62. The summed E-state index contributed by atoms with van der Waals surface area (Å²) < 4.78 is 4.93. The lowest BCUT2D eigenvalue weighted by Crippen LogP contribution is -2.31. The van der Waals surface area contributed by atoms with Crippen LogP contribution in [0.25, 0.3) is 11.1 Å². The summed E-state index contributed by atoms with van der Waals surface area (Å²) in [5, 5.41) is 0. The van der Waals surface area contributed by atoms with E-state index in [0.717, 1.165) is 27.8 Å². The minimum atomic E-state index is -0.417. The van der Waals surface area contributed by atoms with Gasteiger partial charge in [-0.15, -0.1) is 0 Å². The Morgan fingerprint density at radius 2 is 1.76 bits per heavy atom. The summed E-state index contributed by atoms with van der Waals surface area (Å²) in [4.78, 5) is 24.5. The van der Waals surface area contributed by atoms with E-state index < -0.39 is 5.92 Å². The van der Waals surface area contributed by atoms with Gasteiger partial charge in [-0.05, 0) is 22.3 Å². The van der Waals surface area contributed by atoms with Crippen LogP contribution >= 0.6 is 0 Å². The third kappa shape index (κ3) is 1.54. The minimum absolute atomic E-state index is 0.0336. The SMILES string of the molecule is COC(=O)C1CC(=O)c2cccc3c2C1c1ccccc1-3. The highest BCUT2D eigenvalue weighted by molar-refractivity contribution is 6.05. The maximum absolute atomic E-state index is 12.4. The summed E-state index contributed by atoms with van der Waals surface area (Å²) in [5.74, 6) is -0.742. The van der Waals surface area contributed by atoms with Crippen molar-refractivity contribution in [3.8, 4) is 11.1 Å². The first-order valence-electron chi connectivity index (χ1n) is 7.05. The Bertz CT molecular complexity index is 776. The van der Waals surface area contributed by atoms with Gasteiger partial charge in [-0.25, -0.2) is 0 Å². The third-order valence-electron chi connectivity index (χ3n) is 4.62. The lowest BCUT2D eigenvalue weighted by molar-refractivity contribution is -0.145. The number of hydrogen-bond acceptors (Lipinski definition) is 3. The van der Waals surface area contributed by atoms with Gasteiger partial charge in [0.05, 0.1) is 13.0 Å². The van der Waals surface area contributed by atoms with E-state index >= 15 is 0 Å². The van der Waals surface area contributed by atoms with Crippen molar-refractivity contribution in [2.24, 2.45) is 5.92 Å². The Morgan fingerprint density at radius 1 is 1.05 bits per heavy atom. The fourth-order valence-electron chi connectivity index (χ4n) is 3.76. The molecule has 2 aliphatic rings. The van der Waals surface area contributed by atoms with Crippen LogP contribution < -0.4 is 0 Å². The maximum atomic E-state index is 12.4. The first kappa shape index (κ1) is 12.3. The smallest absolute Gasteiger partial charge is 0.310 e. The molecule has 2 unspecified atom stereocenters. The number of hydrogen-bond donors (Lipinski definition) is 0. The molecule has 2 aromatic carbocycles. The van der Waals surface area contributed by atoms with E-state index in [-0.39, 0.29) is 24.1 Å². The topological polar surface area (TPSA) is 43.4 Å². The number of ketones is 1. The molecule has 0 fully saturated rings. The van der Waals surface area contributed by atoms with Gasteiger partial charge in [0.2, 0.25) is 0 Å². The van der Waals surface area contributed by atoms with Crippen molar-refractivity contribution in [2.75, 3.05) is 7.11 Å². The van der Waals surface area contributed by atoms with E-state index in [4.69, 9.17) is 4.74 Å². The Morgan fingerprint density at radius 3 is 2.57 bits per heavy atom. The number of methoxy groups -OCH3 is 1. The highest BCUT2D eigenvalue weighted by Gasteiger charge is 2.45. The summed E-state index contributed by atoms with van der Waals surface area (Å²) in [6, 6.07) is 13.9. The predicted octanol–water partition coefficient (Wildman–Crippen LogP) is 3.17. The van der Waals surface area contributed by atoms with Crippen LogP contribution in [0.3, 0.4) is 0 Å². The van der Waals surface area contributed by atoms with Crippen molar-refractivity contribution in [2.45, 2.75) is 12.3 Å². The Balaban J connectivity index is 2.02. The maximum Gasteiger partial charge on any atom is 0.310 e. The molecule has 0 saturated heterocycles. The zero-order valence-corrected chi connectivity index (χ0v) is 11.6. The molecule has 0 saturated carbocycles. The average Bonchev–Trinajstić information content (AvgIpc) is 2.86. The van der Waals surface area contributed by atoms with Crippen LogP contribution in [-0.2, 0) is 9.53 Å². The van der Waals surface area contributed by atoms with Crippen molar-refractivity contribution < 1.29 is 14.3 Å². The molecule has 3 heteroatoms. The van der Waals surface area contributed by atoms with Crippen LogP contribution in [0.4, 0.5) is 0 Å². The number of esters is 1. The number of Topliss-reactive ketones (excluding diaryl/α,β-unsaturated/α-hetero) is 1. The molecular weight excluding hydrogens is 264 g/mol. The second kappa shape index (κ2) is 4.29. The lowest BCUT2D eigenvalue weighted by Gasteiger charge is -2.28. The summed E-state index contributed by atoms with van der Waals surface area (Å²) >= 11 is 0. The van der Waals surface area contributed by atoms with Crippen LogP contribution in [0.5, 0.6) is 0 Å². The molecule has 21 heavy (non-hydrogen) atoms. The number of carbonyl (C=O) groups excluding carboxylic acids is 2. The molecule has 4 rings (SSSR count). The molecule has 0 bridgehead atoms. The molecule has 0 spiro atoms. The molecule has 2 aliphatic carbocycles. The predicted molar refractivity (Wildman–Crippen MR) is 78.2 cm³/mol. The van der Waals surface area contributed by atoms with Gasteiger partial charge >= 0.3 is 5.97 Å². The Kier molecular flexibility index (Phi) is 2.52. The Labute approximate surface area is 122 Å². The number of carbonyl (C=O) groups is 2. The van der Waals surface area contributed by atoms with Crippen LogP contribution in [0.15, 0.2) is 42.5 Å². The first-order chi connectivity index (χ1) is 10.2.